The zero-order chi connectivity index (χ0) is 9.97. The van der Waals surface area contributed by atoms with Gasteiger partial charge >= 0.3 is 0 Å². The highest BCUT2D eigenvalue weighted by molar-refractivity contribution is 14.2. The molecular formula is C11H9IOS. The summed E-state index contributed by atoms with van der Waals surface area (Å²) in [4.78, 5) is 1.28. The Labute approximate surface area is 99.4 Å². The summed E-state index contributed by atoms with van der Waals surface area (Å²) in [7, 11) is 3.44. The fourth-order valence-electron chi connectivity index (χ4n) is 1.49. The maximum Gasteiger partial charge on any atom is 0.126 e. The SMILES string of the molecule is COc1ccc(SI)c2ccccc12. The van der Waals surface area contributed by atoms with E-state index in [9.17, 15) is 0 Å². The minimum atomic E-state index is 0.940. The third kappa shape index (κ3) is 1.70. The summed E-state index contributed by atoms with van der Waals surface area (Å²) in [6.45, 7) is 0. The molecular weight excluding hydrogens is 307 g/mol. The van der Waals surface area contributed by atoms with Crippen molar-refractivity contribution >= 4 is 40.9 Å². The predicted molar refractivity (Wildman–Crippen MR) is 70.4 cm³/mol. The molecule has 0 aliphatic carbocycles. The Kier molecular flexibility index (Phi) is 3.18. The van der Waals surface area contributed by atoms with Crippen LogP contribution in [0.1, 0.15) is 0 Å². The van der Waals surface area contributed by atoms with E-state index in [-0.39, 0.29) is 0 Å². The molecule has 0 saturated carbocycles. The second-order valence-electron chi connectivity index (χ2n) is 2.89. The van der Waals surface area contributed by atoms with Gasteiger partial charge in [0, 0.05) is 31.5 Å². The van der Waals surface area contributed by atoms with Crippen LogP contribution in [-0.2, 0) is 0 Å². The van der Waals surface area contributed by atoms with Crippen molar-refractivity contribution in [2.24, 2.45) is 0 Å². The van der Waals surface area contributed by atoms with Gasteiger partial charge in [-0.05, 0) is 17.5 Å². The van der Waals surface area contributed by atoms with Crippen molar-refractivity contribution in [2.45, 2.75) is 4.90 Å². The first-order valence-corrected chi connectivity index (χ1v) is 7.57. The number of fused-ring (bicyclic) bond motifs is 1. The number of rotatable bonds is 2. The van der Waals surface area contributed by atoms with E-state index < -0.39 is 0 Å². The number of ether oxygens (including phenoxy) is 1. The monoisotopic (exact) mass is 316 g/mol. The molecule has 72 valence electrons. The molecule has 0 bridgehead atoms. The average molecular weight is 316 g/mol. The molecule has 0 heterocycles. The Morgan fingerprint density at radius 3 is 2.43 bits per heavy atom. The summed E-state index contributed by atoms with van der Waals surface area (Å²) in [5, 5.41) is 2.43. The molecule has 0 aliphatic heterocycles. The van der Waals surface area contributed by atoms with Gasteiger partial charge in [0.15, 0.2) is 0 Å². The standard InChI is InChI=1S/C11H9IOS/c1-13-10-6-7-11(14-12)9-5-3-2-4-8(9)10/h2-7H,1H3. The lowest BCUT2D eigenvalue weighted by molar-refractivity contribution is 0.419. The number of hydrogen-bond donors (Lipinski definition) is 0. The number of hydrogen-bond acceptors (Lipinski definition) is 2. The lowest BCUT2D eigenvalue weighted by Gasteiger charge is -2.07. The van der Waals surface area contributed by atoms with Gasteiger partial charge < -0.3 is 4.74 Å². The number of halogens is 1. The van der Waals surface area contributed by atoms with Crippen LogP contribution in [0.2, 0.25) is 0 Å². The smallest absolute Gasteiger partial charge is 0.126 e. The quantitative estimate of drug-likeness (QED) is 0.764. The van der Waals surface area contributed by atoms with Crippen molar-refractivity contribution in [1.82, 2.24) is 0 Å². The fourth-order valence-corrected chi connectivity index (χ4v) is 3.02. The van der Waals surface area contributed by atoms with Crippen LogP contribution in [0.3, 0.4) is 0 Å². The van der Waals surface area contributed by atoms with Crippen LogP contribution in [0, 0.1) is 0 Å². The molecule has 3 heteroatoms. The average Bonchev–Trinajstić information content (AvgIpc) is 2.27. The Balaban J connectivity index is 2.78. The van der Waals surface area contributed by atoms with Crippen molar-refractivity contribution < 1.29 is 4.74 Å². The predicted octanol–water partition coefficient (Wildman–Crippen LogP) is 4.29. The Hall–Kier alpha value is -0.420. The van der Waals surface area contributed by atoms with E-state index in [4.69, 9.17) is 4.74 Å². The molecule has 0 saturated heterocycles. The summed E-state index contributed by atoms with van der Waals surface area (Å²) in [5.74, 6) is 0.940. The molecule has 2 rings (SSSR count). The van der Waals surface area contributed by atoms with Crippen molar-refractivity contribution in [1.29, 1.82) is 0 Å². The molecule has 2 aromatic carbocycles. The molecule has 0 radical (unpaired) electrons. The van der Waals surface area contributed by atoms with Crippen LogP contribution in [0.15, 0.2) is 41.3 Å². The highest BCUT2D eigenvalue weighted by atomic mass is 127. The first-order chi connectivity index (χ1) is 6.86. The summed E-state index contributed by atoms with van der Waals surface area (Å²) >= 11 is 2.30. The first kappa shape index (κ1) is 10.1. The molecule has 2 aromatic rings. The lowest BCUT2D eigenvalue weighted by atomic mass is 10.1. The van der Waals surface area contributed by atoms with E-state index in [1.165, 1.54) is 15.7 Å². The largest absolute Gasteiger partial charge is 0.496 e. The van der Waals surface area contributed by atoms with E-state index in [0.717, 1.165) is 5.75 Å². The molecule has 0 N–H and O–H groups in total. The summed E-state index contributed by atoms with van der Waals surface area (Å²) in [5.41, 5.74) is 0. The molecule has 0 atom stereocenters. The minimum absolute atomic E-state index is 0.940. The summed E-state index contributed by atoms with van der Waals surface area (Å²) < 4.78 is 5.32. The Morgan fingerprint density at radius 2 is 1.79 bits per heavy atom. The van der Waals surface area contributed by atoms with Crippen LogP contribution in [-0.4, -0.2) is 7.11 Å². The second kappa shape index (κ2) is 4.40. The molecule has 0 amide bonds. The third-order valence-corrected chi connectivity index (χ3v) is 4.09. The van der Waals surface area contributed by atoms with Gasteiger partial charge in [-0.2, -0.15) is 0 Å². The normalized spacial score (nSPS) is 10.4. The van der Waals surface area contributed by atoms with E-state index in [2.05, 4.69) is 45.5 Å². The van der Waals surface area contributed by atoms with E-state index in [1.807, 2.05) is 12.1 Å². The highest BCUT2D eigenvalue weighted by Gasteiger charge is 2.04. The fraction of sp³-hybridized carbons (Fsp3) is 0.0909. The van der Waals surface area contributed by atoms with Crippen molar-refractivity contribution in [3.05, 3.63) is 36.4 Å². The highest BCUT2D eigenvalue weighted by Crippen LogP contribution is 2.36. The third-order valence-electron chi connectivity index (χ3n) is 2.15. The van der Waals surface area contributed by atoms with Crippen LogP contribution >= 0.6 is 30.1 Å². The minimum Gasteiger partial charge on any atom is -0.496 e. The summed E-state index contributed by atoms with van der Waals surface area (Å²) in [6.07, 6.45) is 0. The summed E-state index contributed by atoms with van der Waals surface area (Å²) in [6, 6.07) is 12.4. The second-order valence-corrected chi connectivity index (χ2v) is 4.80. The van der Waals surface area contributed by atoms with Crippen LogP contribution in [0.5, 0.6) is 5.75 Å². The van der Waals surface area contributed by atoms with Gasteiger partial charge in [-0.15, -0.1) is 0 Å². The van der Waals surface area contributed by atoms with Gasteiger partial charge in [0.05, 0.1) is 7.11 Å². The van der Waals surface area contributed by atoms with E-state index >= 15 is 0 Å². The maximum absolute atomic E-state index is 5.32. The zero-order valence-electron chi connectivity index (χ0n) is 7.66. The lowest BCUT2D eigenvalue weighted by Crippen LogP contribution is -1.85. The van der Waals surface area contributed by atoms with Crippen LogP contribution in [0.25, 0.3) is 10.8 Å². The van der Waals surface area contributed by atoms with E-state index in [0.29, 0.717) is 0 Å². The van der Waals surface area contributed by atoms with Gasteiger partial charge in [-0.3, -0.25) is 0 Å². The molecule has 0 unspecified atom stereocenters. The first-order valence-electron chi connectivity index (χ1n) is 4.21. The van der Waals surface area contributed by atoms with Gasteiger partial charge in [0.25, 0.3) is 0 Å². The molecule has 0 spiro atoms. The molecule has 0 aromatic heterocycles. The van der Waals surface area contributed by atoms with Crippen LogP contribution in [0.4, 0.5) is 0 Å². The maximum atomic E-state index is 5.32. The van der Waals surface area contributed by atoms with E-state index in [1.54, 1.807) is 16.0 Å². The van der Waals surface area contributed by atoms with Gasteiger partial charge in [-0.25, -0.2) is 0 Å². The molecule has 14 heavy (non-hydrogen) atoms. The van der Waals surface area contributed by atoms with Crippen molar-refractivity contribution in [3.63, 3.8) is 0 Å². The molecule has 1 nitrogen and oxygen atoms in total. The zero-order valence-corrected chi connectivity index (χ0v) is 10.6. The van der Waals surface area contributed by atoms with Crippen LogP contribution < -0.4 is 4.74 Å². The van der Waals surface area contributed by atoms with Gasteiger partial charge in [0.2, 0.25) is 0 Å². The Morgan fingerprint density at radius 1 is 1.07 bits per heavy atom. The number of benzene rings is 2. The van der Waals surface area contributed by atoms with Gasteiger partial charge in [0.1, 0.15) is 5.75 Å². The van der Waals surface area contributed by atoms with Gasteiger partial charge in [-0.1, -0.05) is 33.2 Å². The Bertz CT molecular complexity index is 413. The molecule has 0 fully saturated rings. The molecule has 0 aliphatic rings. The van der Waals surface area contributed by atoms with Crippen molar-refractivity contribution in [2.75, 3.05) is 7.11 Å². The number of methoxy groups -OCH3 is 1. The van der Waals surface area contributed by atoms with Crippen molar-refractivity contribution in [3.8, 4) is 5.75 Å². The topological polar surface area (TPSA) is 9.23 Å².